The van der Waals surface area contributed by atoms with Gasteiger partial charge in [0.25, 0.3) is 0 Å². The van der Waals surface area contributed by atoms with Gasteiger partial charge < -0.3 is 0 Å². The van der Waals surface area contributed by atoms with Crippen LogP contribution in [0.1, 0.15) is 47.8 Å². The summed E-state index contributed by atoms with van der Waals surface area (Å²) in [4.78, 5) is 39.9. The molecule has 6 heteroatoms. The van der Waals surface area contributed by atoms with Gasteiger partial charge in [-0.15, -0.1) is 0 Å². The zero-order chi connectivity index (χ0) is 23.5. The monoisotopic (exact) mass is 768 g/mol. The Morgan fingerprint density at radius 2 is 0.667 bits per heavy atom. The highest BCUT2D eigenvalue weighted by Gasteiger charge is 2.20. The third kappa shape index (κ3) is 5.78. The number of carbonyl (C=O) groups excluding carboxylic acids is 3. The lowest BCUT2D eigenvalue weighted by atomic mass is 9.92. The van der Waals surface area contributed by atoms with Gasteiger partial charge in [0.15, 0.2) is 17.3 Å². The number of hydrogen-bond acceptors (Lipinski definition) is 3. The van der Waals surface area contributed by atoms with Crippen LogP contribution in [0.3, 0.4) is 0 Å². The lowest BCUT2D eigenvalue weighted by molar-refractivity contribution is 0.103. The molecule has 33 heavy (non-hydrogen) atoms. The van der Waals surface area contributed by atoms with Crippen molar-refractivity contribution < 1.29 is 14.4 Å². The number of carbonyl (C=O) groups is 3. The van der Waals surface area contributed by atoms with E-state index in [1.54, 1.807) is 54.6 Å². The number of benzene rings is 4. The molecule has 0 fully saturated rings. The number of ketones is 3. The number of halogens is 3. The van der Waals surface area contributed by atoms with Crippen LogP contribution in [0.25, 0.3) is 0 Å². The van der Waals surface area contributed by atoms with Gasteiger partial charge in [-0.25, -0.2) is 0 Å². The van der Waals surface area contributed by atoms with E-state index in [2.05, 4.69) is 67.8 Å². The van der Waals surface area contributed by atoms with Gasteiger partial charge in [-0.1, -0.05) is 36.4 Å². The molecular weight excluding hydrogens is 753 g/mol. The molecule has 0 bridgehead atoms. The Hall–Kier alpha value is -1.92. The van der Waals surface area contributed by atoms with Crippen LogP contribution < -0.4 is 0 Å². The Kier molecular flexibility index (Phi) is 7.75. The van der Waals surface area contributed by atoms with Crippen LogP contribution in [-0.4, -0.2) is 17.3 Å². The quantitative estimate of drug-likeness (QED) is 0.154. The van der Waals surface area contributed by atoms with Crippen LogP contribution in [0.15, 0.2) is 91.0 Å². The Balaban J connectivity index is 1.85. The van der Waals surface area contributed by atoms with Crippen molar-refractivity contribution in [3.8, 4) is 0 Å². The first-order valence-corrected chi connectivity index (χ1v) is 13.1. The second kappa shape index (κ2) is 10.6. The molecule has 0 saturated heterocycles. The molecule has 0 aromatic heterocycles. The second-order valence-corrected chi connectivity index (χ2v) is 11.1. The second-order valence-electron chi connectivity index (χ2n) is 7.32. The van der Waals surface area contributed by atoms with E-state index < -0.39 is 0 Å². The molecule has 0 unspecified atom stereocenters. The Labute approximate surface area is 232 Å². The summed E-state index contributed by atoms with van der Waals surface area (Å²) in [5, 5.41) is 0. The van der Waals surface area contributed by atoms with Crippen LogP contribution in [-0.2, 0) is 0 Å². The standard InChI is InChI=1S/C27H15I3O3/c28-22-7-1-4-16(13-22)25(31)19-10-20(26(32)17-5-2-8-23(29)14-17)12-21(11-19)27(33)18-6-3-9-24(30)15-18/h1-15H. The van der Waals surface area contributed by atoms with E-state index in [4.69, 9.17) is 0 Å². The molecule has 0 aliphatic heterocycles. The Morgan fingerprint density at radius 3 is 0.909 bits per heavy atom. The minimum Gasteiger partial charge on any atom is -0.289 e. The van der Waals surface area contributed by atoms with Gasteiger partial charge in [0.2, 0.25) is 0 Å². The Bertz CT molecular complexity index is 1230. The van der Waals surface area contributed by atoms with E-state index >= 15 is 0 Å². The molecule has 4 aromatic rings. The summed E-state index contributed by atoms with van der Waals surface area (Å²) in [6.07, 6.45) is 0. The molecule has 0 atom stereocenters. The van der Waals surface area contributed by atoms with E-state index in [9.17, 15) is 14.4 Å². The summed E-state index contributed by atoms with van der Waals surface area (Å²) in [6.45, 7) is 0. The highest BCUT2D eigenvalue weighted by atomic mass is 127. The summed E-state index contributed by atoms with van der Waals surface area (Å²) in [5.41, 5.74) is 2.45. The first-order chi connectivity index (χ1) is 15.8. The third-order valence-electron chi connectivity index (χ3n) is 4.98. The molecule has 0 heterocycles. The molecule has 162 valence electrons. The van der Waals surface area contributed by atoms with Gasteiger partial charge >= 0.3 is 0 Å². The van der Waals surface area contributed by atoms with Crippen LogP contribution in [0.5, 0.6) is 0 Å². The van der Waals surface area contributed by atoms with Crippen molar-refractivity contribution in [1.82, 2.24) is 0 Å². The molecule has 0 radical (unpaired) electrons. The van der Waals surface area contributed by atoms with Gasteiger partial charge in [-0.05, 0) is 122 Å². The van der Waals surface area contributed by atoms with Gasteiger partial charge in [0.1, 0.15) is 0 Å². The fourth-order valence-electron chi connectivity index (χ4n) is 3.41. The molecular formula is C27H15I3O3. The van der Waals surface area contributed by atoms with Crippen LogP contribution in [0, 0.1) is 10.7 Å². The van der Waals surface area contributed by atoms with Gasteiger partial charge in [-0.2, -0.15) is 0 Å². The number of hydrogen-bond donors (Lipinski definition) is 0. The van der Waals surface area contributed by atoms with Crippen molar-refractivity contribution in [1.29, 1.82) is 0 Å². The topological polar surface area (TPSA) is 51.2 Å². The molecule has 4 rings (SSSR count). The molecule has 3 nitrogen and oxygen atoms in total. The van der Waals surface area contributed by atoms with Crippen molar-refractivity contribution in [3.63, 3.8) is 0 Å². The minimum absolute atomic E-state index is 0.234. The largest absolute Gasteiger partial charge is 0.289 e. The Morgan fingerprint density at radius 1 is 0.394 bits per heavy atom. The lowest BCUT2D eigenvalue weighted by Crippen LogP contribution is -2.11. The summed E-state index contributed by atoms with van der Waals surface area (Å²) in [5.74, 6) is -0.701. The molecule has 0 aliphatic carbocycles. The first kappa shape index (κ1) is 24.2. The van der Waals surface area contributed by atoms with E-state index in [0.29, 0.717) is 33.4 Å². The summed E-state index contributed by atoms with van der Waals surface area (Å²) in [6, 6.07) is 26.5. The normalized spacial score (nSPS) is 10.6. The van der Waals surface area contributed by atoms with Crippen molar-refractivity contribution in [2.45, 2.75) is 0 Å². The fourth-order valence-corrected chi connectivity index (χ4v) is 5.04. The summed E-state index contributed by atoms with van der Waals surface area (Å²) < 4.78 is 2.79. The lowest BCUT2D eigenvalue weighted by Gasteiger charge is -2.10. The maximum absolute atomic E-state index is 13.3. The first-order valence-electron chi connectivity index (χ1n) is 9.88. The van der Waals surface area contributed by atoms with Crippen molar-refractivity contribution in [3.05, 3.63) is 135 Å². The maximum atomic E-state index is 13.3. The maximum Gasteiger partial charge on any atom is 0.193 e. The van der Waals surface area contributed by atoms with Crippen molar-refractivity contribution in [2.24, 2.45) is 0 Å². The molecule has 0 spiro atoms. The zero-order valence-corrected chi connectivity index (χ0v) is 23.5. The molecule has 0 saturated carbocycles. The highest BCUT2D eigenvalue weighted by Crippen LogP contribution is 2.22. The third-order valence-corrected chi connectivity index (χ3v) is 6.99. The summed E-state index contributed by atoms with van der Waals surface area (Å²) >= 11 is 6.46. The average Bonchev–Trinajstić information content (AvgIpc) is 2.82. The predicted octanol–water partition coefficient (Wildman–Crippen LogP) is 7.19. The van der Waals surface area contributed by atoms with Gasteiger partial charge in [0, 0.05) is 44.1 Å². The van der Waals surface area contributed by atoms with E-state index in [1.807, 2.05) is 36.4 Å². The molecule has 4 aromatic carbocycles. The van der Waals surface area contributed by atoms with E-state index in [0.717, 1.165) is 10.7 Å². The fraction of sp³-hybridized carbons (Fsp3) is 0. The predicted molar refractivity (Wildman–Crippen MR) is 154 cm³/mol. The van der Waals surface area contributed by atoms with Crippen LogP contribution in [0.2, 0.25) is 0 Å². The smallest absolute Gasteiger partial charge is 0.193 e. The summed E-state index contributed by atoms with van der Waals surface area (Å²) in [7, 11) is 0. The molecule has 0 N–H and O–H groups in total. The van der Waals surface area contributed by atoms with E-state index in [1.165, 1.54) is 0 Å². The molecule has 0 amide bonds. The zero-order valence-electron chi connectivity index (χ0n) is 17.0. The van der Waals surface area contributed by atoms with Gasteiger partial charge in [-0.3, -0.25) is 14.4 Å². The number of rotatable bonds is 6. The molecule has 0 aliphatic rings. The SMILES string of the molecule is O=C(c1cccc(I)c1)c1cc(C(=O)c2cccc(I)c2)cc(C(=O)c2cccc(I)c2)c1. The van der Waals surface area contributed by atoms with Gasteiger partial charge in [0.05, 0.1) is 0 Å². The van der Waals surface area contributed by atoms with Crippen molar-refractivity contribution >= 4 is 85.1 Å². The van der Waals surface area contributed by atoms with Crippen LogP contribution in [0.4, 0.5) is 0 Å². The van der Waals surface area contributed by atoms with Crippen molar-refractivity contribution in [2.75, 3.05) is 0 Å². The minimum atomic E-state index is -0.234. The van der Waals surface area contributed by atoms with E-state index in [-0.39, 0.29) is 17.3 Å². The van der Waals surface area contributed by atoms with Crippen LogP contribution >= 0.6 is 67.8 Å². The highest BCUT2D eigenvalue weighted by molar-refractivity contribution is 14.1. The average molecular weight is 768 g/mol.